The maximum Gasteiger partial charge on any atom is 0.209 e. The highest BCUT2D eigenvalue weighted by atomic mass is 32.2. The topological polar surface area (TPSA) is 75.2 Å². The van der Waals surface area contributed by atoms with Crippen molar-refractivity contribution < 1.29 is 8.42 Å². The number of benzene rings is 1. The summed E-state index contributed by atoms with van der Waals surface area (Å²) in [5.74, 6) is 0.791. The normalized spacial score (nSPS) is 21.2. The molecule has 7 heteroatoms. The molecule has 0 unspecified atom stereocenters. The molecule has 1 aliphatic heterocycles. The molecule has 2 aromatic rings. The van der Waals surface area contributed by atoms with Gasteiger partial charge in [-0.2, -0.15) is 5.10 Å². The first-order valence-electron chi connectivity index (χ1n) is 8.00. The lowest BCUT2D eigenvalue weighted by Crippen LogP contribution is -2.46. The van der Waals surface area contributed by atoms with E-state index in [0.717, 1.165) is 30.9 Å². The predicted octanol–water partition coefficient (Wildman–Crippen LogP) is 1.52. The van der Waals surface area contributed by atoms with Gasteiger partial charge >= 0.3 is 0 Å². The van der Waals surface area contributed by atoms with Crippen LogP contribution in [0.4, 0.5) is 5.82 Å². The molecule has 1 aliphatic rings. The summed E-state index contributed by atoms with van der Waals surface area (Å²) in [6, 6.07) is 13.9. The highest BCUT2D eigenvalue weighted by Crippen LogP contribution is 2.27. The van der Waals surface area contributed by atoms with Crippen molar-refractivity contribution in [3.63, 3.8) is 0 Å². The van der Waals surface area contributed by atoms with Gasteiger partial charge in [0.25, 0.3) is 0 Å². The number of hydrogen-bond donors (Lipinski definition) is 1. The van der Waals surface area contributed by atoms with E-state index in [-0.39, 0.29) is 12.1 Å². The fourth-order valence-corrected chi connectivity index (χ4v) is 4.03. The van der Waals surface area contributed by atoms with Crippen molar-refractivity contribution in [2.75, 3.05) is 17.7 Å². The summed E-state index contributed by atoms with van der Waals surface area (Å²) in [5, 5.41) is 8.42. The average Bonchev–Trinajstić information content (AvgIpc) is 2.90. The lowest BCUT2D eigenvalue weighted by Gasteiger charge is -2.29. The molecule has 0 bridgehead atoms. The van der Waals surface area contributed by atoms with Crippen LogP contribution in [0.25, 0.3) is 0 Å². The van der Waals surface area contributed by atoms with Gasteiger partial charge in [0.05, 0.1) is 18.0 Å². The Bertz CT molecular complexity index is 778. The SMILES string of the molecule is Cc1ccc(N2CC[C@@H](NS(C)(=O)=O)[C@@H]2Cc2ccccc2)nn1. The van der Waals surface area contributed by atoms with Crippen molar-refractivity contribution in [3.8, 4) is 0 Å². The quantitative estimate of drug-likeness (QED) is 0.888. The third-order valence-corrected chi connectivity index (χ3v) is 5.01. The molecule has 0 saturated carbocycles. The molecule has 1 N–H and O–H groups in total. The molecule has 2 heterocycles. The van der Waals surface area contributed by atoms with Crippen LogP contribution in [0.1, 0.15) is 17.7 Å². The standard InChI is InChI=1S/C17H22N4O2S/c1-13-8-9-17(19-18-13)21-11-10-15(20-24(2,22)23)16(21)12-14-6-4-3-5-7-14/h3-9,15-16,20H,10-12H2,1-2H3/t15-,16+/m1/s1. The molecule has 24 heavy (non-hydrogen) atoms. The Hall–Kier alpha value is -1.99. The molecule has 1 aromatic heterocycles. The molecule has 0 amide bonds. The first-order chi connectivity index (χ1) is 11.4. The number of hydrogen-bond acceptors (Lipinski definition) is 5. The number of rotatable bonds is 5. The van der Waals surface area contributed by atoms with Gasteiger partial charge in [0.15, 0.2) is 5.82 Å². The largest absolute Gasteiger partial charge is 0.350 e. The summed E-state index contributed by atoms with van der Waals surface area (Å²) in [6.07, 6.45) is 2.71. The smallest absolute Gasteiger partial charge is 0.209 e. The van der Waals surface area contributed by atoms with Crippen LogP contribution >= 0.6 is 0 Å². The zero-order chi connectivity index (χ0) is 17.2. The Morgan fingerprint density at radius 2 is 1.92 bits per heavy atom. The molecule has 3 rings (SSSR count). The van der Waals surface area contributed by atoms with Crippen LogP contribution in [0.15, 0.2) is 42.5 Å². The van der Waals surface area contributed by atoms with Gasteiger partial charge in [-0.05, 0) is 37.5 Å². The summed E-state index contributed by atoms with van der Waals surface area (Å²) in [4.78, 5) is 2.16. The zero-order valence-electron chi connectivity index (χ0n) is 13.9. The van der Waals surface area contributed by atoms with E-state index in [1.807, 2.05) is 37.3 Å². The van der Waals surface area contributed by atoms with Crippen LogP contribution in [0.3, 0.4) is 0 Å². The van der Waals surface area contributed by atoms with Crippen LogP contribution in [-0.2, 0) is 16.4 Å². The van der Waals surface area contributed by atoms with Crippen molar-refractivity contribution in [1.82, 2.24) is 14.9 Å². The minimum Gasteiger partial charge on any atom is -0.350 e. The van der Waals surface area contributed by atoms with Gasteiger partial charge in [0, 0.05) is 12.6 Å². The van der Waals surface area contributed by atoms with E-state index in [1.54, 1.807) is 0 Å². The number of nitrogens with one attached hydrogen (secondary N) is 1. The second kappa shape index (κ2) is 6.86. The highest BCUT2D eigenvalue weighted by Gasteiger charge is 2.36. The molecule has 6 nitrogen and oxygen atoms in total. The van der Waals surface area contributed by atoms with Crippen molar-refractivity contribution in [1.29, 1.82) is 0 Å². The van der Waals surface area contributed by atoms with E-state index >= 15 is 0 Å². The van der Waals surface area contributed by atoms with Gasteiger partial charge in [-0.1, -0.05) is 30.3 Å². The predicted molar refractivity (Wildman–Crippen MR) is 94.4 cm³/mol. The summed E-state index contributed by atoms with van der Waals surface area (Å²) in [6.45, 7) is 2.65. The zero-order valence-corrected chi connectivity index (χ0v) is 14.7. The van der Waals surface area contributed by atoms with Gasteiger partial charge in [-0.25, -0.2) is 13.1 Å². The van der Waals surface area contributed by atoms with Crippen LogP contribution in [0.2, 0.25) is 0 Å². The highest BCUT2D eigenvalue weighted by molar-refractivity contribution is 7.88. The third kappa shape index (κ3) is 4.10. The Labute approximate surface area is 143 Å². The fourth-order valence-electron chi connectivity index (χ4n) is 3.20. The van der Waals surface area contributed by atoms with E-state index in [2.05, 4.69) is 32.0 Å². The lowest BCUT2D eigenvalue weighted by molar-refractivity contribution is 0.513. The minimum absolute atomic E-state index is 0.0131. The van der Waals surface area contributed by atoms with Crippen LogP contribution in [0, 0.1) is 6.92 Å². The molecule has 1 aromatic carbocycles. The van der Waals surface area contributed by atoms with Crippen molar-refractivity contribution >= 4 is 15.8 Å². The van der Waals surface area contributed by atoms with Gasteiger partial charge < -0.3 is 4.90 Å². The monoisotopic (exact) mass is 346 g/mol. The Kier molecular flexibility index (Phi) is 4.82. The Morgan fingerprint density at radius 1 is 1.17 bits per heavy atom. The second-order valence-corrected chi connectivity index (χ2v) is 8.05. The molecular formula is C17H22N4O2S. The van der Waals surface area contributed by atoms with Gasteiger partial charge in [-0.15, -0.1) is 5.10 Å². The minimum atomic E-state index is -3.26. The molecule has 2 atom stereocenters. The summed E-state index contributed by atoms with van der Waals surface area (Å²) >= 11 is 0. The van der Waals surface area contributed by atoms with E-state index < -0.39 is 10.0 Å². The first kappa shape index (κ1) is 16.9. The lowest BCUT2D eigenvalue weighted by atomic mass is 10.0. The van der Waals surface area contributed by atoms with E-state index in [0.29, 0.717) is 0 Å². The maximum atomic E-state index is 11.7. The van der Waals surface area contributed by atoms with Crippen molar-refractivity contribution in [2.45, 2.75) is 31.8 Å². The number of nitrogens with zero attached hydrogens (tertiary/aromatic N) is 3. The third-order valence-electron chi connectivity index (χ3n) is 4.28. The average molecular weight is 346 g/mol. The summed E-state index contributed by atoms with van der Waals surface area (Å²) in [7, 11) is -3.26. The van der Waals surface area contributed by atoms with E-state index in [1.165, 1.54) is 11.8 Å². The molecule has 1 fully saturated rings. The van der Waals surface area contributed by atoms with Gasteiger partial charge in [-0.3, -0.25) is 0 Å². The van der Waals surface area contributed by atoms with Gasteiger partial charge in [0.2, 0.25) is 10.0 Å². The fraction of sp³-hybridized carbons (Fsp3) is 0.412. The van der Waals surface area contributed by atoms with E-state index in [4.69, 9.17) is 0 Å². The summed E-state index contributed by atoms with van der Waals surface area (Å²) < 4.78 is 26.2. The Balaban J connectivity index is 1.88. The number of aryl methyl sites for hydroxylation is 1. The maximum absolute atomic E-state index is 11.7. The Morgan fingerprint density at radius 3 is 2.54 bits per heavy atom. The number of sulfonamides is 1. The van der Waals surface area contributed by atoms with Crippen molar-refractivity contribution in [3.05, 3.63) is 53.7 Å². The van der Waals surface area contributed by atoms with Gasteiger partial charge in [0.1, 0.15) is 0 Å². The van der Waals surface area contributed by atoms with Crippen molar-refractivity contribution in [2.24, 2.45) is 0 Å². The molecule has 128 valence electrons. The molecule has 0 aliphatic carbocycles. The van der Waals surface area contributed by atoms with Crippen LogP contribution in [0.5, 0.6) is 0 Å². The number of anilines is 1. The van der Waals surface area contributed by atoms with E-state index in [9.17, 15) is 8.42 Å². The molecule has 0 spiro atoms. The second-order valence-electron chi connectivity index (χ2n) is 6.27. The van der Waals surface area contributed by atoms with Crippen LogP contribution < -0.4 is 9.62 Å². The summed E-state index contributed by atoms with van der Waals surface area (Å²) in [5.41, 5.74) is 2.04. The molecular weight excluding hydrogens is 324 g/mol. The van der Waals surface area contributed by atoms with Crippen LogP contribution in [-0.4, -0.2) is 43.5 Å². The molecule has 1 saturated heterocycles. The molecule has 0 radical (unpaired) electrons. The number of aromatic nitrogens is 2. The first-order valence-corrected chi connectivity index (χ1v) is 9.90.